The van der Waals surface area contributed by atoms with Gasteiger partial charge in [-0.3, -0.25) is 9.78 Å². The van der Waals surface area contributed by atoms with E-state index in [2.05, 4.69) is 21.3 Å². The summed E-state index contributed by atoms with van der Waals surface area (Å²) in [5.74, 6) is 1.07. The van der Waals surface area contributed by atoms with Crippen LogP contribution in [0.15, 0.2) is 48.0 Å². The second-order valence-electron chi connectivity index (χ2n) is 7.27. The highest BCUT2D eigenvalue weighted by Gasteiger charge is 2.29. The fourth-order valence-corrected chi connectivity index (χ4v) is 4.69. The SMILES string of the molecule is COc1ccc2nccc(N3CCCC(C(=O)N(C)Cc4cccs4)C3)c2c1. The maximum atomic E-state index is 13.0. The largest absolute Gasteiger partial charge is 0.497 e. The molecular formula is C22H25N3O2S. The van der Waals surface area contributed by atoms with Gasteiger partial charge >= 0.3 is 0 Å². The van der Waals surface area contributed by atoms with E-state index in [1.54, 1.807) is 18.4 Å². The van der Waals surface area contributed by atoms with Gasteiger partial charge in [0.15, 0.2) is 0 Å². The van der Waals surface area contributed by atoms with Crippen LogP contribution >= 0.6 is 11.3 Å². The second-order valence-corrected chi connectivity index (χ2v) is 8.30. The quantitative estimate of drug-likeness (QED) is 0.650. The van der Waals surface area contributed by atoms with Crippen LogP contribution in [-0.2, 0) is 11.3 Å². The van der Waals surface area contributed by atoms with Crippen LogP contribution in [0.3, 0.4) is 0 Å². The number of anilines is 1. The molecule has 1 amide bonds. The predicted molar refractivity (Wildman–Crippen MR) is 114 cm³/mol. The number of piperidine rings is 1. The lowest BCUT2D eigenvalue weighted by atomic mass is 9.95. The molecule has 3 heterocycles. The molecular weight excluding hydrogens is 370 g/mol. The lowest BCUT2D eigenvalue weighted by Gasteiger charge is -2.35. The van der Waals surface area contributed by atoms with Gasteiger partial charge in [0, 0.05) is 42.3 Å². The van der Waals surface area contributed by atoms with Gasteiger partial charge in [0.2, 0.25) is 5.91 Å². The Hall–Kier alpha value is -2.60. The van der Waals surface area contributed by atoms with Gasteiger partial charge in [-0.2, -0.15) is 0 Å². The molecule has 1 unspecified atom stereocenters. The van der Waals surface area contributed by atoms with E-state index in [0.717, 1.165) is 48.3 Å². The van der Waals surface area contributed by atoms with Crippen molar-refractivity contribution in [2.45, 2.75) is 19.4 Å². The van der Waals surface area contributed by atoms with Crippen LogP contribution in [0.2, 0.25) is 0 Å². The van der Waals surface area contributed by atoms with E-state index in [4.69, 9.17) is 4.74 Å². The van der Waals surface area contributed by atoms with Crippen LogP contribution in [0.5, 0.6) is 5.75 Å². The molecule has 6 heteroatoms. The lowest BCUT2D eigenvalue weighted by molar-refractivity contribution is -0.134. The number of thiophene rings is 1. The zero-order chi connectivity index (χ0) is 19.5. The first-order valence-corrected chi connectivity index (χ1v) is 10.5. The van der Waals surface area contributed by atoms with E-state index in [-0.39, 0.29) is 11.8 Å². The third kappa shape index (κ3) is 3.83. The first-order valence-electron chi connectivity index (χ1n) is 9.61. The highest BCUT2D eigenvalue weighted by Crippen LogP contribution is 2.32. The number of fused-ring (bicyclic) bond motifs is 1. The smallest absolute Gasteiger partial charge is 0.227 e. The van der Waals surface area contributed by atoms with Gasteiger partial charge in [0.05, 0.1) is 25.1 Å². The molecule has 1 aromatic carbocycles. The maximum Gasteiger partial charge on any atom is 0.227 e. The van der Waals surface area contributed by atoms with Crippen molar-refractivity contribution in [1.29, 1.82) is 0 Å². The minimum atomic E-state index is 0.0209. The summed E-state index contributed by atoms with van der Waals surface area (Å²) in [5.41, 5.74) is 2.07. The molecule has 1 saturated heterocycles. The molecule has 0 aliphatic carbocycles. The summed E-state index contributed by atoms with van der Waals surface area (Å²) in [5, 5.41) is 3.13. The Kier molecular flexibility index (Phi) is 5.48. The number of methoxy groups -OCH3 is 1. The summed E-state index contributed by atoms with van der Waals surface area (Å²) >= 11 is 1.69. The highest BCUT2D eigenvalue weighted by molar-refractivity contribution is 7.09. The van der Waals surface area contributed by atoms with E-state index in [1.165, 1.54) is 4.88 Å². The summed E-state index contributed by atoms with van der Waals surface area (Å²) < 4.78 is 5.40. The van der Waals surface area contributed by atoms with Crippen molar-refractivity contribution >= 4 is 33.8 Å². The van der Waals surface area contributed by atoms with Crippen LogP contribution in [0, 0.1) is 5.92 Å². The molecule has 1 fully saturated rings. The van der Waals surface area contributed by atoms with Gasteiger partial charge in [0.25, 0.3) is 0 Å². The van der Waals surface area contributed by atoms with Crippen LogP contribution in [0.1, 0.15) is 17.7 Å². The number of hydrogen-bond donors (Lipinski definition) is 0. The number of carbonyl (C=O) groups is 1. The van der Waals surface area contributed by atoms with Crippen LogP contribution in [-0.4, -0.2) is 43.0 Å². The second kappa shape index (κ2) is 8.19. The average molecular weight is 396 g/mol. The zero-order valence-electron chi connectivity index (χ0n) is 16.3. The van der Waals surface area contributed by atoms with Crippen molar-refractivity contribution < 1.29 is 9.53 Å². The van der Waals surface area contributed by atoms with E-state index in [1.807, 2.05) is 48.5 Å². The molecule has 2 aromatic heterocycles. The normalized spacial score (nSPS) is 16.9. The van der Waals surface area contributed by atoms with Gasteiger partial charge in [-0.1, -0.05) is 6.07 Å². The first kappa shape index (κ1) is 18.7. The minimum Gasteiger partial charge on any atom is -0.497 e. The summed E-state index contributed by atoms with van der Waals surface area (Å²) in [4.78, 5) is 22.9. The molecule has 0 N–H and O–H groups in total. The summed E-state index contributed by atoms with van der Waals surface area (Å²) in [7, 11) is 3.59. The van der Waals surface area contributed by atoms with Gasteiger partial charge in [-0.05, 0) is 48.6 Å². The van der Waals surface area contributed by atoms with Crippen molar-refractivity contribution in [2.75, 3.05) is 32.1 Å². The Morgan fingerprint density at radius 1 is 1.36 bits per heavy atom. The number of hydrogen-bond acceptors (Lipinski definition) is 5. The number of benzene rings is 1. The standard InChI is InChI=1S/C22H25N3O2S/c1-24(15-18-6-4-12-28-18)22(26)16-5-3-11-25(14-16)21-9-10-23-20-8-7-17(27-2)13-19(20)21/h4,6-10,12-13,16H,3,5,11,14-15H2,1-2H3. The van der Waals surface area contributed by atoms with Crippen molar-refractivity contribution in [3.05, 3.63) is 52.9 Å². The van der Waals surface area contributed by atoms with Gasteiger partial charge in [0.1, 0.15) is 5.75 Å². The zero-order valence-corrected chi connectivity index (χ0v) is 17.1. The third-order valence-electron chi connectivity index (χ3n) is 5.39. The third-order valence-corrected chi connectivity index (χ3v) is 6.25. The van der Waals surface area contributed by atoms with E-state index in [0.29, 0.717) is 6.54 Å². The van der Waals surface area contributed by atoms with Crippen molar-refractivity contribution in [3.63, 3.8) is 0 Å². The van der Waals surface area contributed by atoms with Crippen molar-refractivity contribution in [1.82, 2.24) is 9.88 Å². The predicted octanol–water partition coefficient (Wildman–Crippen LogP) is 4.18. The topological polar surface area (TPSA) is 45.7 Å². The molecule has 0 radical (unpaired) electrons. The van der Waals surface area contributed by atoms with Gasteiger partial charge in [-0.15, -0.1) is 11.3 Å². The molecule has 3 aromatic rings. The molecule has 1 aliphatic rings. The van der Waals surface area contributed by atoms with Crippen LogP contribution < -0.4 is 9.64 Å². The molecule has 28 heavy (non-hydrogen) atoms. The minimum absolute atomic E-state index is 0.0209. The number of rotatable bonds is 5. The first-order chi connectivity index (χ1) is 13.7. The fraction of sp³-hybridized carbons (Fsp3) is 0.364. The number of ether oxygens (including phenoxy) is 1. The van der Waals surface area contributed by atoms with Crippen molar-refractivity contribution in [3.8, 4) is 5.75 Å². The van der Waals surface area contributed by atoms with Gasteiger partial charge in [-0.25, -0.2) is 0 Å². The molecule has 4 rings (SSSR count). The lowest BCUT2D eigenvalue weighted by Crippen LogP contribution is -2.43. The molecule has 1 aliphatic heterocycles. The molecule has 0 spiro atoms. The molecule has 146 valence electrons. The Labute approximate surface area is 169 Å². The molecule has 0 bridgehead atoms. The van der Waals surface area contributed by atoms with E-state index >= 15 is 0 Å². The summed E-state index contributed by atoms with van der Waals surface area (Å²) in [6.45, 7) is 2.38. The van der Waals surface area contributed by atoms with E-state index in [9.17, 15) is 4.79 Å². The summed E-state index contributed by atoms with van der Waals surface area (Å²) in [6, 6.07) is 12.1. The summed E-state index contributed by atoms with van der Waals surface area (Å²) in [6.07, 6.45) is 3.80. The van der Waals surface area contributed by atoms with Crippen molar-refractivity contribution in [2.24, 2.45) is 5.92 Å². The Morgan fingerprint density at radius 3 is 3.04 bits per heavy atom. The molecule has 0 saturated carbocycles. The molecule has 1 atom stereocenters. The Bertz CT molecular complexity index is 958. The Balaban J connectivity index is 1.54. The van der Waals surface area contributed by atoms with E-state index < -0.39 is 0 Å². The average Bonchev–Trinajstić information content (AvgIpc) is 3.25. The monoisotopic (exact) mass is 395 g/mol. The molecule has 5 nitrogen and oxygen atoms in total. The van der Waals surface area contributed by atoms with Crippen LogP contribution in [0.25, 0.3) is 10.9 Å². The number of aromatic nitrogens is 1. The van der Waals surface area contributed by atoms with Gasteiger partial charge < -0.3 is 14.5 Å². The fourth-order valence-electron chi connectivity index (χ4n) is 3.94. The highest BCUT2D eigenvalue weighted by atomic mass is 32.1. The number of carbonyl (C=O) groups excluding carboxylic acids is 1. The number of amides is 1. The number of nitrogens with zero attached hydrogens (tertiary/aromatic N) is 3. The number of pyridine rings is 1. The Morgan fingerprint density at radius 2 is 2.25 bits per heavy atom. The van der Waals surface area contributed by atoms with Crippen LogP contribution in [0.4, 0.5) is 5.69 Å². The maximum absolute atomic E-state index is 13.0.